The van der Waals surface area contributed by atoms with Crippen molar-refractivity contribution in [2.24, 2.45) is 0 Å². The molecule has 2 N–H and O–H groups in total. The summed E-state index contributed by atoms with van der Waals surface area (Å²) in [6.45, 7) is 7.69. The van der Waals surface area contributed by atoms with E-state index < -0.39 is 0 Å². The molecule has 1 saturated heterocycles. The summed E-state index contributed by atoms with van der Waals surface area (Å²) in [5.74, 6) is 0. The molecule has 1 aliphatic heterocycles. The van der Waals surface area contributed by atoms with Crippen LogP contribution in [0.5, 0.6) is 0 Å². The summed E-state index contributed by atoms with van der Waals surface area (Å²) in [5, 5.41) is 0.653. The van der Waals surface area contributed by atoms with Crippen molar-refractivity contribution in [1.82, 2.24) is 4.90 Å². The Balaban J connectivity index is 2.32. The van der Waals surface area contributed by atoms with Gasteiger partial charge in [0.1, 0.15) is 0 Å². The van der Waals surface area contributed by atoms with Crippen LogP contribution in [0.4, 0.5) is 11.4 Å². The van der Waals surface area contributed by atoms with Crippen molar-refractivity contribution in [3.8, 4) is 0 Å². The summed E-state index contributed by atoms with van der Waals surface area (Å²) in [4.78, 5) is 4.84. The quantitative estimate of drug-likeness (QED) is 0.794. The number of aryl methyl sites for hydroxylation is 1. The molecule has 0 aliphatic carbocycles. The molecular weight excluding hydrogens is 246 g/mol. The minimum Gasteiger partial charge on any atom is -0.398 e. The molecule has 1 unspecified atom stereocenters. The number of halogens is 1. The molecule has 100 valence electrons. The predicted octanol–water partition coefficient (Wildman–Crippen LogP) is 2.76. The van der Waals surface area contributed by atoms with Gasteiger partial charge >= 0.3 is 0 Å². The fourth-order valence-corrected chi connectivity index (χ4v) is 2.89. The van der Waals surface area contributed by atoms with Gasteiger partial charge in [-0.25, -0.2) is 0 Å². The maximum absolute atomic E-state index is 6.16. The topological polar surface area (TPSA) is 32.5 Å². The fraction of sp³-hybridized carbons (Fsp3) is 0.571. The van der Waals surface area contributed by atoms with Crippen molar-refractivity contribution in [1.29, 1.82) is 0 Å². The molecule has 1 aromatic rings. The van der Waals surface area contributed by atoms with Crippen molar-refractivity contribution in [3.63, 3.8) is 0 Å². The monoisotopic (exact) mass is 267 g/mol. The third kappa shape index (κ3) is 2.73. The van der Waals surface area contributed by atoms with Gasteiger partial charge in [0.15, 0.2) is 0 Å². The lowest BCUT2D eigenvalue weighted by Crippen LogP contribution is -2.38. The molecule has 0 bridgehead atoms. The van der Waals surface area contributed by atoms with Crippen molar-refractivity contribution >= 4 is 23.0 Å². The highest BCUT2D eigenvalue weighted by molar-refractivity contribution is 6.33. The first kappa shape index (κ1) is 13.5. The minimum atomic E-state index is 0.496. The lowest BCUT2D eigenvalue weighted by molar-refractivity contribution is 0.337. The molecule has 1 fully saturated rings. The Bertz CT molecular complexity index is 433. The average Bonchev–Trinajstić information content (AvgIpc) is 2.45. The van der Waals surface area contributed by atoms with E-state index in [0.29, 0.717) is 16.8 Å². The van der Waals surface area contributed by atoms with Crippen LogP contribution in [0.1, 0.15) is 18.9 Å². The standard InChI is InChI=1S/C14H22ClN3/c1-10-7-13(16)12(15)8-14(10)18-6-4-5-17(3)9-11(18)2/h7-8,11H,4-6,9,16H2,1-3H3. The highest BCUT2D eigenvalue weighted by atomic mass is 35.5. The average molecular weight is 268 g/mol. The van der Waals surface area contributed by atoms with Gasteiger partial charge in [-0.15, -0.1) is 0 Å². The van der Waals surface area contributed by atoms with E-state index >= 15 is 0 Å². The summed E-state index contributed by atoms with van der Waals surface area (Å²) in [7, 11) is 2.18. The SMILES string of the molecule is Cc1cc(N)c(Cl)cc1N1CCCN(C)CC1C. The normalized spacial score (nSPS) is 22.0. The molecule has 4 heteroatoms. The summed E-state index contributed by atoms with van der Waals surface area (Å²) in [5.41, 5.74) is 8.93. The van der Waals surface area contributed by atoms with E-state index in [4.69, 9.17) is 17.3 Å². The number of rotatable bonds is 1. The Labute approximate surface area is 115 Å². The van der Waals surface area contributed by atoms with Gasteiger partial charge in [-0.2, -0.15) is 0 Å². The molecule has 1 heterocycles. The first-order valence-electron chi connectivity index (χ1n) is 6.50. The number of hydrogen-bond donors (Lipinski definition) is 1. The van der Waals surface area contributed by atoms with Crippen molar-refractivity contribution in [2.75, 3.05) is 37.3 Å². The molecule has 2 rings (SSSR count). The lowest BCUT2D eigenvalue weighted by Gasteiger charge is -2.31. The van der Waals surface area contributed by atoms with Gasteiger partial charge in [-0.3, -0.25) is 0 Å². The van der Waals surface area contributed by atoms with E-state index in [1.165, 1.54) is 17.7 Å². The van der Waals surface area contributed by atoms with Crippen molar-refractivity contribution in [2.45, 2.75) is 26.3 Å². The van der Waals surface area contributed by atoms with E-state index in [1.54, 1.807) is 0 Å². The predicted molar refractivity (Wildman–Crippen MR) is 79.5 cm³/mol. The molecule has 3 nitrogen and oxygen atoms in total. The van der Waals surface area contributed by atoms with Gasteiger partial charge in [0.2, 0.25) is 0 Å². The van der Waals surface area contributed by atoms with Crippen LogP contribution in [0.25, 0.3) is 0 Å². The zero-order valence-electron chi connectivity index (χ0n) is 11.4. The Morgan fingerprint density at radius 3 is 2.78 bits per heavy atom. The van der Waals surface area contributed by atoms with E-state index in [-0.39, 0.29) is 0 Å². The van der Waals surface area contributed by atoms with Gasteiger partial charge in [-0.1, -0.05) is 11.6 Å². The maximum atomic E-state index is 6.16. The van der Waals surface area contributed by atoms with E-state index in [2.05, 4.69) is 30.7 Å². The number of nitrogens with two attached hydrogens (primary N) is 1. The van der Waals surface area contributed by atoms with Crippen LogP contribution in [0.2, 0.25) is 5.02 Å². The Morgan fingerprint density at radius 2 is 2.06 bits per heavy atom. The zero-order chi connectivity index (χ0) is 13.3. The largest absolute Gasteiger partial charge is 0.398 e. The van der Waals surface area contributed by atoms with Gasteiger partial charge in [0.25, 0.3) is 0 Å². The van der Waals surface area contributed by atoms with Gasteiger partial charge in [0.05, 0.1) is 10.7 Å². The number of nitrogen functional groups attached to an aromatic ring is 1. The van der Waals surface area contributed by atoms with Crippen LogP contribution < -0.4 is 10.6 Å². The van der Waals surface area contributed by atoms with Gasteiger partial charge < -0.3 is 15.5 Å². The molecule has 1 aromatic carbocycles. The summed E-state index contributed by atoms with van der Waals surface area (Å²) in [6.07, 6.45) is 1.18. The number of benzene rings is 1. The number of anilines is 2. The van der Waals surface area contributed by atoms with Crippen LogP contribution >= 0.6 is 11.6 Å². The summed E-state index contributed by atoms with van der Waals surface area (Å²) in [6, 6.07) is 4.48. The molecule has 18 heavy (non-hydrogen) atoms. The van der Waals surface area contributed by atoms with Crippen LogP contribution in [-0.2, 0) is 0 Å². The van der Waals surface area contributed by atoms with Crippen LogP contribution in [0, 0.1) is 6.92 Å². The first-order chi connectivity index (χ1) is 8.49. The van der Waals surface area contributed by atoms with E-state index in [9.17, 15) is 0 Å². The second-order valence-corrected chi connectivity index (χ2v) is 5.73. The maximum Gasteiger partial charge on any atom is 0.0656 e. The molecule has 1 atom stereocenters. The van der Waals surface area contributed by atoms with E-state index in [1.807, 2.05) is 12.1 Å². The van der Waals surface area contributed by atoms with Crippen molar-refractivity contribution < 1.29 is 0 Å². The summed E-state index contributed by atoms with van der Waals surface area (Å²) < 4.78 is 0. The number of likely N-dealkylation sites (N-methyl/N-ethyl adjacent to an activating group) is 1. The van der Waals surface area contributed by atoms with Gasteiger partial charge in [0, 0.05) is 24.8 Å². The third-order valence-corrected chi connectivity index (χ3v) is 4.00. The van der Waals surface area contributed by atoms with Gasteiger partial charge in [-0.05, 0) is 51.6 Å². The zero-order valence-corrected chi connectivity index (χ0v) is 12.2. The number of hydrogen-bond acceptors (Lipinski definition) is 3. The Hall–Kier alpha value is -0.930. The molecule has 0 amide bonds. The molecule has 0 radical (unpaired) electrons. The lowest BCUT2D eigenvalue weighted by atomic mass is 10.1. The second-order valence-electron chi connectivity index (χ2n) is 5.32. The van der Waals surface area contributed by atoms with Crippen molar-refractivity contribution in [3.05, 3.63) is 22.7 Å². The Morgan fingerprint density at radius 1 is 1.33 bits per heavy atom. The smallest absolute Gasteiger partial charge is 0.0656 e. The minimum absolute atomic E-state index is 0.496. The molecule has 0 aromatic heterocycles. The van der Waals surface area contributed by atoms with Crippen LogP contribution in [0.3, 0.4) is 0 Å². The summed E-state index contributed by atoms with van der Waals surface area (Å²) >= 11 is 6.16. The molecular formula is C14H22ClN3. The molecule has 0 saturated carbocycles. The highest BCUT2D eigenvalue weighted by Gasteiger charge is 2.21. The number of nitrogens with zero attached hydrogens (tertiary/aromatic N) is 2. The second kappa shape index (κ2) is 5.37. The highest BCUT2D eigenvalue weighted by Crippen LogP contribution is 2.31. The van der Waals surface area contributed by atoms with Crippen LogP contribution in [-0.4, -0.2) is 37.6 Å². The first-order valence-corrected chi connectivity index (χ1v) is 6.87. The van der Waals surface area contributed by atoms with E-state index in [0.717, 1.165) is 19.6 Å². The molecule has 0 spiro atoms. The third-order valence-electron chi connectivity index (χ3n) is 3.67. The molecule has 1 aliphatic rings. The fourth-order valence-electron chi connectivity index (χ4n) is 2.73. The van der Waals surface area contributed by atoms with Crippen LogP contribution in [0.15, 0.2) is 12.1 Å². The Kier molecular flexibility index (Phi) is 4.03.